The maximum absolute atomic E-state index is 11.9. The maximum atomic E-state index is 11.9. The molecule has 1 aromatic carbocycles. The van der Waals surface area contributed by atoms with Crippen molar-refractivity contribution in [2.45, 2.75) is 33.2 Å². The third kappa shape index (κ3) is 3.18. The SMILES string of the molecule is Cc1nn(Cc2ccc(Br)cc2)c(C)c1NC(=O)C1CC1. The molecule has 0 spiro atoms. The van der Waals surface area contributed by atoms with Crippen LogP contribution in [-0.2, 0) is 11.3 Å². The maximum Gasteiger partial charge on any atom is 0.227 e. The van der Waals surface area contributed by atoms with Gasteiger partial charge in [0.25, 0.3) is 0 Å². The zero-order chi connectivity index (χ0) is 15.0. The fourth-order valence-corrected chi connectivity index (χ4v) is 2.63. The van der Waals surface area contributed by atoms with Gasteiger partial charge in [-0.3, -0.25) is 9.48 Å². The average Bonchev–Trinajstić information content (AvgIpc) is 3.26. The van der Waals surface area contributed by atoms with Crippen LogP contribution in [0.5, 0.6) is 0 Å². The van der Waals surface area contributed by atoms with E-state index in [0.717, 1.165) is 34.4 Å². The first-order valence-electron chi connectivity index (χ1n) is 7.14. The van der Waals surface area contributed by atoms with Crippen LogP contribution in [0.2, 0.25) is 0 Å². The molecule has 3 rings (SSSR count). The number of carbonyl (C=O) groups excluding carboxylic acids is 1. The molecule has 1 aromatic heterocycles. The third-order valence-corrected chi connectivity index (χ3v) is 4.35. The molecule has 5 heteroatoms. The van der Waals surface area contributed by atoms with E-state index in [-0.39, 0.29) is 11.8 Å². The second-order valence-corrected chi connectivity index (χ2v) is 6.51. The van der Waals surface area contributed by atoms with Gasteiger partial charge >= 0.3 is 0 Å². The average molecular weight is 348 g/mol. The first kappa shape index (κ1) is 14.3. The number of nitrogens with zero attached hydrogens (tertiary/aromatic N) is 2. The van der Waals surface area contributed by atoms with Crippen LogP contribution in [-0.4, -0.2) is 15.7 Å². The summed E-state index contributed by atoms with van der Waals surface area (Å²) >= 11 is 3.44. The molecule has 1 saturated carbocycles. The third-order valence-electron chi connectivity index (χ3n) is 3.82. The Morgan fingerprint density at radius 2 is 2.00 bits per heavy atom. The molecule has 0 saturated heterocycles. The number of rotatable bonds is 4. The van der Waals surface area contributed by atoms with Crippen LogP contribution in [0.4, 0.5) is 5.69 Å². The largest absolute Gasteiger partial charge is 0.323 e. The Bertz CT molecular complexity index is 672. The van der Waals surface area contributed by atoms with E-state index in [0.29, 0.717) is 6.54 Å². The van der Waals surface area contributed by atoms with Crippen molar-refractivity contribution in [3.05, 3.63) is 45.7 Å². The Morgan fingerprint density at radius 1 is 1.33 bits per heavy atom. The molecule has 0 radical (unpaired) electrons. The summed E-state index contributed by atoms with van der Waals surface area (Å²) < 4.78 is 3.01. The van der Waals surface area contributed by atoms with Crippen LogP contribution < -0.4 is 5.32 Å². The van der Waals surface area contributed by atoms with Crippen molar-refractivity contribution in [1.82, 2.24) is 9.78 Å². The van der Waals surface area contributed by atoms with Crippen LogP contribution in [0.3, 0.4) is 0 Å². The molecule has 0 bridgehead atoms. The van der Waals surface area contributed by atoms with Crippen molar-refractivity contribution < 1.29 is 4.79 Å². The standard InChI is InChI=1S/C16H18BrN3O/c1-10-15(18-16(21)13-5-6-13)11(2)20(19-10)9-12-3-7-14(17)8-4-12/h3-4,7-8,13H,5-6,9H2,1-2H3,(H,18,21). The lowest BCUT2D eigenvalue weighted by molar-refractivity contribution is -0.117. The Morgan fingerprint density at radius 3 is 2.62 bits per heavy atom. The molecule has 0 atom stereocenters. The van der Waals surface area contributed by atoms with E-state index in [2.05, 4.69) is 38.5 Å². The van der Waals surface area contributed by atoms with Gasteiger partial charge in [0.2, 0.25) is 5.91 Å². The minimum absolute atomic E-state index is 0.129. The van der Waals surface area contributed by atoms with Crippen molar-refractivity contribution in [3.63, 3.8) is 0 Å². The predicted molar refractivity (Wildman–Crippen MR) is 86.3 cm³/mol. The van der Waals surface area contributed by atoms with Crippen molar-refractivity contribution in [2.24, 2.45) is 5.92 Å². The van der Waals surface area contributed by atoms with Crippen LogP contribution in [0.25, 0.3) is 0 Å². The van der Waals surface area contributed by atoms with E-state index in [9.17, 15) is 4.79 Å². The number of nitrogens with one attached hydrogen (secondary N) is 1. The minimum atomic E-state index is 0.129. The highest BCUT2D eigenvalue weighted by atomic mass is 79.9. The zero-order valence-electron chi connectivity index (χ0n) is 12.2. The number of aryl methyl sites for hydroxylation is 1. The van der Waals surface area contributed by atoms with Crippen molar-refractivity contribution in [3.8, 4) is 0 Å². The smallest absolute Gasteiger partial charge is 0.227 e. The minimum Gasteiger partial charge on any atom is -0.323 e. The van der Waals surface area contributed by atoms with Gasteiger partial charge in [0, 0.05) is 10.4 Å². The summed E-state index contributed by atoms with van der Waals surface area (Å²) in [6, 6.07) is 8.19. The number of amides is 1. The number of aromatic nitrogens is 2. The first-order valence-corrected chi connectivity index (χ1v) is 7.93. The Labute approximate surface area is 132 Å². The van der Waals surface area contributed by atoms with Gasteiger partial charge in [-0.05, 0) is 44.4 Å². The van der Waals surface area contributed by atoms with Gasteiger partial charge < -0.3 is 5.32 Å². The molecule has 1 aliphatic rings. The number of carbonyl (C=O) groups is 1. The van der Waals surface area contributed by atoms with Gasteiger partial charge in [-0.15, -0.1) is 0 Å². The Balaban J connectivity index is 1.79. The number of hydrogen-bond acceptors (Lipinski definition) is 2. The summed E-state index contributed by atoms with van der Waals surface area (Å²) in [6.45, 7) is 4.65. The molecule has 1 amide bonds. The lowest BCUT2D eigenvalue weighted by atomic mass is 10.2. The molecule has 1 heterocycles. The number of halogens is 1. The molecular weight excluding hydrogens is 330 g/mol. The fraction of sp³-hybridized carbons (Fsp3) is 0.375. The Kier molecular flexibility index (Phi) is 3.85. The van der Waals surface area contributed by atoms with Gasteiger partial charge in [-0.1, -0.05) is 28.1 Å². The van der Waals surface area contributed by atoms with Gasteiger partial charge in [0.05, 0.1) is 23.6 Å². The molecule has 21 heavy (non-hydrogen) atoms. The van der Waals surface area contributed by atoms with Gasteiger partial charge in [-0.2, -0.15) is 5.10 Å². The topological polar surface area (TPSA) is 46.9 Å². The normalized spacial score (nSPS) is 14.2. The van der Waals surface area contributed by atoms with Gasteiger partial charge in [-0.25, -0.2) is 0 Å². The van der Waals surface area contributed by atoms with E-state index < -0.39 is 0 Å². The summed E-state index contributed by atoms with van der Waals surface area (Å²) in [5.41, 5.74) is 3.93. The van der Waals surface area contributed by atoms with E-state index in [4.69, 9.17) is 0 Å². The number of anilines is 1. The highest BCUT2D eigenvalue weighted by molar-refractivity contribution is 9.10. The van der Waals surface area contributed by atoms with Crippen molar-refractivity contribution in [2.75, 3.05) is 5.32 Å². The van der Waals surface area contributed by atoms with Crippen LogP contribution in [0.15, 0.2) is 28.7 Å². The molecular formula is C16H18BrN3O. The van der Waals surface area contributed by atoms with Crippen LogP contribution in [0.1, 0.15) is 29.8 Å². The van der Waals surface area contributed by atoms with E-state index in [1.54, 1.807) is 0 Å². The lowest BCUT2D eigenvalue weighted by Crippen LogP contribution is -2.14. The summed E-state index contributed by atoms with van der Waals surface area (Å²) in [6.07, 6.45) is 2.02. The zero-order valence-corrected chi connectivity index (χ0v) is 13.8. The van der Waals surface area contributed by atoms with Crippen LogP contribution in [0, 0.1) is 19.8 Å². The summed E-state index contributed by atoms with van der Waals surface area (Å²) in [7, 11) is 0. The van der Waals surface area contributed by atoms with E-state index in [1.807, 2.05) is 30.7 Å². The van der Waals surface area contributed by atoms with E-state index >= 15 is 0 Å². The molecule has 1 aliphatic carbocycles. The van der Waals surface area contributed by atoms with Gasteiger partial charge in [0.15, 0.2) is 0 Å². The van der Waals surface area contributed by atoms with Crippen molar-refractivity contribution in [1.29, 1.82) is 0 Å². The number of benzene rings is 1. The highest BCUT2D eigenvalue weighted by Gasteiger charge is 2.30. The molecule has 1 fully saturated rings. The Hall–Kier alpha value is -1.62. The van der Waals surface area contributed by atoms with E-state index in [1.165, 1.54) is 5.56 Å². The molecule has 4 nitrogen and oxygen atoms in total. The second kappa shape index (κ2) is 5.64. The summed E-state index contributed by atoms with van der Waals surface area (Å²) in [5.74, 6) is 0.336. The van der Waals surface area contributed by atoms with Gasteiger partial charge in [0.1, 0.15) is 0 Å². The first-order chi connectivity index (χ1) is 10.0. The molecule has 0 unspecified atom stereocenters. The summed E-state index contributed by atoms with van der Waals surface area (Å²) in [4.78, 5) is 11.9. The molecule has 2 aromatic rings. The lowest BCUT2D eigenvalue weighted by Gasteiger charge is -2.07. The summed E-state index contributed by atoms with van der Waals surface area (Å²) in [5, 5.41) is 7.58. The second-order valence-electron chi connectivity index (χ2n) is 5.59. The number of hydrogen-bond donors (Lipinski definition) is 1. The molecule has 0 aliphatic heterocycles. The van der Waals surface area contributed by atoms with Crippen LogP contribution >= 0.6 is 15.9 Å². The predicted octanol–water partition coefficient (Wildman–Crippen LogP) is 3.66. The quantitative estimate of drug-likeness (QED) is 0.917. The molecule has 110 valence electrons. The molecule has 1 N–H and O–H groups in total. The monoisotopic (exact) mass is 347 g/mol. The van der Waals surface area contributed by atoms with Crippen molar-refractivity contribution >= 4 is 27.5 Å². The fourth-order valence-electron chi connectivity index (χ4n) is 2.37. The highest BCUT2D eigenvalue weighted by Crippen LogP contribution is 2.31.